The molecule has 2 heterocycles. The van der Waals surface area contributed by atoms with Crippen LogP contribution in [0.5, 0.6) is 0 Å². The molecule has 2 aliphatic carbocycles. The van der Waals surface area contributed by atoms with Gasteiger partial charge in [0.05, 0.1) is 6.10 Å². The summed E-state index contributed by atoms with van der Waals surface area (Å²) in [5, 5.41) is 15.8. The topological polar surface area (TPSA) is 35.5 Å². The predicted molar refractivity (Wildman–Crippen MR) is 95.8 cm³/mol. The maximum Gasteiger partial charge on any atom is 0.0547 e. The van der Waals surface area contributed by atoms with Crippen LogP contribution in [0, 0.1) is 5.92 Å². The minimum absolute atomic E-state index is 0.0616. The zero-order chi connectivity index (χ0) is 15.6. The molecule has 0 bridgehead atoms. The largest absolute Gasteiger partial charge is 0.393 e. The van der Waals surface area contributed by atoms with Crippen LogP contribution in [0.4, 0.5) is 0 Å². The quantitative estimate of drug-likeness (QED) is 0.864. The summed E-state index contributed by atoms with van der Waals surface area (Å²) in [6, 6.07) is 6.41. The molecule has 1 aromatic rings. The fraction of sp³-hybridized carbons (Fsp3) is 0.789. The summed E-state index contributed by atoms with van der Waals surface area (Å²) in [6.07, 6.45) is 10.2. The molecule has 0 amide bonds. The first-order chi connectivity index (χ1) is 11.3. The van der Waals surface area contributed by atoms with Gasteiger partial charge in [-0.15, -0.1) is 11.3 Å². The molecule has 2 saturated carbocycles. The smallest absolute Gasteiger partial charge is 0.0547 e. The van der Waals surface area contributed by atoms with E-state index in [1.807, 2.05) is 11.3 Å². The first kappa shape index (κ1) is 16.1. The highest BCUT2D eigenvalue weighted by Gasteiger charge is 2.37. The van der Waals surface area contributed by atoms with Gasteiger partial charge in [0.2, 0.25) is 0 Å². The van der Waals surface area contributed by atoms with Crippen molar-refractivity contribution in [3.63, 3.8) is 0 Å². The van der Waals surface area contributed by atoms with Crippen LogP contribution in [-0.2, 0) is 0 Å². The molecule has 3 aliphatic rings. The number of likely N-dealkylation sites (tertiary alicyclic amines) is 1. The number of rotatable bonds is 5. The zero-order valence-corrected chi connectivity index (χ0v) is 14.8. The van der Waals surface area contributed by atoms with Crippen molar-refractivity contribution in [2.24, 2.45) is 5.92 Å². The molecule has 4 rings (SSSR count). The van der Waals surface area contributed by atoms with Gasteiger partial charge in [-0.1, -0.05) is 18.9 Å². The van der Waals surface area contributed by atoms with Gasteiger partial charge in [-0.25, -0.2) is 0 Å². The maximum absolute atomic E-state index is 9.70. The molecule has 2 N–H and O–H groups in total. The van der Waals surface area contributed by atoms with Crippen LogP contribution in [0.1, 0.15) is 62.3 Å². The highest BCUT2D eigenvalue weighted by molar-refractivity contribution is 7.10. The molecular formula is C19H30N2OS. The van der Waals surface area contributed by atoms with Crippen LogP contribution in [-0.4, -0.2) is 41.3 Å². The van der Waals surface area contributed by atoms with E-state index in [1.165, 1.54) is 56.5 Å². The van der Waals surface area contributed by atoms with Crippen molar-refractivity contribution in [2.45, 2.75) is 75.6 Å². The lowest BCUT2D eigenvalue weighted by Gasteiger charge is -2.42. The SMILES string of the molecule is OC1CC([C@H](NC2CCN(C3CCCC3)CC2)c2cccs2)C1. The second kappa shape index (κ2) is 7.22. The number of nitrogens with zero attached hydrogens (tertiary/aromatic N) is 1. The van der Waals surface area contributed by atoms with Crippen molar-refractivity contribution in [3.8, 4) is 0 Å². The van der Waals surface area contributed by atoms with Crippen LogP contribution < -0.4 is 5.32 Å². The zero-order valence-electron chi connectivity index (χ0n) is 14.0. The van der Waals surface area contributed by atoms with Gasteiger partial charge in [-0.3, -0.25) is 0 Å². The lowest BCUT2D eigenvalue weighted by Crippen LogP contribution is -2.49. The van der Waals surface area contributed by atoms with Gasteiger partial charge in [0.1, 0.15) is 0 Å². The lowest BCUT2D eigenvalue weighted by molar-refractivity contribution is 0.0197. The van der Waals surface area contributed by atoms with E-state index in [0.717, 1.165) is 18.9 Å². The summed E-state index contributed by atoms with van der Waals surface area (Å²) in [5.74, 6) is 0.622. The number of hydrogen-bond acceptors (Lipinski definition) is 4. The van der Waals surface area contributed by atoms with E-state index in [9.17, 15) is 5.11 Å². The Kier molecular flexibility index (Phi) is 5.04. The standard InChI is InChI=1S/C19H30N2OS/c22-17-12-14(13-17)19(18-6-3-11-23-18)20-15-7-9-21(10-8-15)16-4-1-2-5-16/h3,6,11,14-17,19-20,22H,1-2,4-5,7-10,12-13H2/t14?,17?,19-/m0/s1. The Morgan fingerprint density at radius 1 is 1.13 bits per heavy atom. The van der Waals surface area contributed by atoms with Crippen molar-refractivity contribution in [2.75, 3.05) is 13.1 Å². The van der Waals surface area contributed by atoms with Gasteiger partial charge in [0, 0.05) is 23.0 Å². The second-order valence-electron chi connectivity index (χ2n) is 7.79. The molecule has 0 radical (unpaired) electrons. The first-order valence-electron chi connectivity index (χ1n) is 9.51. The summed E-state index contributed by atoms with van der Waals surface area (Å²) in [7, 11) is 0. The van der Waals surface area contributed by atoms with Crippen molar-refractivity contribution in [3.05, 3.63) is 22.4 Å². The molecule has 0 spiro atoms. The minimum Gasteiger partial charge on any atom is -0.393 e. The van der Waals surface area contributed by atoms with E-state index >= 15 is 0 Å². The van der Waals surface area contributed by atoms with Crippen LogP contribution in [0.25, 0.3) is 0 Å². The van der Waals surface area contributed by atoms with Gasteiger partial charge in [-0.05, 0) is 69.0 Å². The fourth-order valence-corrected chi connectivity index (χ4v) is 5.65. The van der Waals surface area contributed by atoms with Crippen molar-refractivity contribution >= 4 is 11.3 Å². The predicted octanol–water partition coefficient (Wildman–Crippen LogP) is 3.56. The Hall–Kier alpha value is -0.420. The first-order valence-corrected chi connectivity index (χ1v) is 10.4. The highest BCUT2D eigenvalue weighted by Crippen LogP contribution is 2.40. The highest BCUT2D eigenvalue weighted by atomic mass is 32.1. The van der Waals surface area contributed by atoms with Crippen molar-refractivity contribution < 1.29 is 5.11 Å². The number of nitrogens with one attached hydrogen (secondary N) is 1. The molecule has 4 heteroatoms. The van der Waals surface area contributed by atoms with E-state index in [4.69, 9.17) is 0 Å². The average molecular weight is 335 g/mol. The molecule has 3 fully saturated rings. The third-order valence-corrected chi connectivity index (χ3v) is 7.21. The molecule has 1 atom stereocenters. The molecule has 128 valence electrons. The second-order valence-corrected chi connectivity index (χ2v) is 8.77. The lowest BCUT2D eigenvalue weighted by atomic mass is 9.76. The van der Waals surface area contributed by atoms with Crippen molar-refractivity contribution in [1.82, 2.24) is 10.2 Å². The Bertz CT molecular complexity index is 472. The monoisotopic (exact) mass is 334 g/mol. The van der Waals surface area contributed by atoms with Gasteiger partial charge >= 0.3 is 0 Å². The summed E-state index contributed by atoms with van der Waals surface area (Å²) < 4.78 is 0. The maximum atomic E-state index is 9.70. The number of thiophene rings is 1. The number of aliphatic hydroxyl groups excluding tert-OH is 1. The molecule has 23 heavy (non-hydrogen) atoms. The molecular weight excluding hydrogens is 304 g/mol. The van der Waals surface area contributed by atoms with E-state index in [-0.39, 0.29) is 6.10 Å². The average Bonchev–Trinajstić information content (AvgIpc) is 3.23. The summed E-state index contributed by atoms with van der Waals surface area (Å²) in [5.41, 5.74) is 0. The van der Waals surface area contributed by atoms with Crippen LogP contribution in [0.3, 0.4) is 0 Å². The Balaban J connectivity index is 1.33. The minimum atomic E-state index is -0.0616. The van der Waals surface area contributed by atoms with Gasteiger partial charge in [0.25, 0.3) is 0 Å². The van der Waals surface area contributed by atoms with Gasteiger partial charge in [0.15, 0.2) is 0 Å². The Labute approximate surface area is 144 Å². The van der Waals surface area contributed by atoms with Crippen molar-refractivity contribution in [1.29, 1.82) is 0 Å². The van der Waals surface area contributed by atoms with E-state index in [2.05, 4.69) is 27.7 Å². The van der Waals surface area contributed by atoms with Crippen LogP contribution in [0.2, 0.25) is 0 Å². The molecule has 3 nitrogen and oxygen atoms in total. The van der Waals surface area contributed by atoms with E-state index < -0.39 is 0 Å². The number of piperidine rings is 1. The van der Waals surface area contributed by atoms with Crippen LogP contribution >= 0.6 is 11.3 Å². The molecule has 0 unspecified atom stereocenters. The number of hydrogen-bond donors (Lipinski definition) is 2. The third-order valence-electron chi connectivity index (χ3n) is 6.26. The third kappa shape index (κ3) is 3.65. The van der Waals surface area contributed by atoms with E-state index in [1.54, 1.807) is 0 Å². The normalized spacial score (nSPS) is 32.0. The van der Waals surface area contributed by atoms with Gasteiger partial charge < -0.3 is 15.3 Å². The van der Waals surface area contributed by atoms with Crippen LogP contribution in [0.15, 0.2) is 17.5 Å². The summed E-state index contributed by atoms with van der Waals surface area (Å²) in [6.45, 7) is 2.54. The Morgan fingerprint density at radius 2 is 1.87 bits per heavy atom. The molecule has 1 aromatic heterocycles. The number of aliphatic hydroxyl groups is 1. The molecule has 1 saturated heterocycles. The summed E-state index contributed by atoms with van der Waals surface area (Å²) >= 11 is 1.86. The van der Waals surface area contributed by atoms with E-state index in [0.29, 0.717) is 18.0 Å². The molecule has 1 aliphatic heterocycles. The Morgan fingerprint density at radius 3 is 2.48 bits per heavy atom. The summed E-state index contributed by atoms with van der Waals surface area (Å²) in [4.78, 5) is 4.21. The molecule has 0 aromatic carbocycles. The van der Waals surface area contributed by atoms with Gasteiger partial charge in [-0.2, -0.15) is 0 Å². The fourth-order valence-electron chi connectivity index (χ4n) is 4.78.